The monoisotopic (exact) mass is 585 g/mol. The molecule has 2 aromatic rings. The maximum atomic E-state index is 15.6. The van der Waals surface area contributed by atoms with Crippen LogP contribution in [0.5, 0.6) is 0 Å². The minimum Gasteiger partial charge on any atom is -0.340 e. The lowest BCUT2D eigenvalue weighted by atomic mass is 9.58. The Bertz CT molecular complexity index is 1460. The Morgan fingerprint density at radius 1 is 1.31 bits per heavy atom. The third kappa shape index (κ3) is 5.54. The summed E-state index contributed by atoms with van der Waals surface area (Å²) in [5.74, 6) is 0.684. The van der Waals surface area contributed by atoms with E-state index in [9.17, 15) is 10.1 Å². The van der Waals surface area contributed by atoms with E-state index in [-0.39, 0.29) is 11.8 Å². The molecule has 1 saturated carbocycles. The number of amidine groups is 1. The van der Waals surface area contributed by atoms with E-state index in [0.717, 1.165) is 54.1 Å². The number of aliphatic imine (C=N–C) groups is 1. The summed E-state index contributed by atoms with van der Waals surface area (Å²) in [4.78, 5) is 24.7. The number of carbonyl (C=O) groups is 1. The highest BCUT2D eigenvalue weighted by Crippen LogP contribution is 2.50. The molecule has 1 amide bonds. The van der Waals surface area contributed by atoms with Crippen LogP contribution < -0.4 is 4.90 Å². The van der Waals surface area contributed by atoms with E-state index in [2.05, 4.69) is 51.7 Å². The van der Waals surface area contributed by atoms with E-state index in [4.69, 9.17) is 0 Å². The molecule has 0 aromatic heterocycles. The standard InChI is InChI=1S/C33H42BFN5OP/c1-6-38(5)30(37-4)32(17-23(18-32)19-36)24-8-7-9-25(16-24)40-21-27-26(29(40)41)14-22(15-28(27)33(34,35)42)20-39-12-10-31(2,3)11-13-39/h6-9,14-16,23H,1,10-13,17-18,20-21,34,42H2,2-5H3/b37-30-. The zero-order valence-corrected chi connectivity index (χ0v) is 26.7. The van der Waals surface area contributed by atoms with Crippen molar-refractivity contribution in [2.24, 2.45) is 16.3 Å². The topological polar surface area (TPSA) is 62.9 Å². The van der Waals surface area contributed by atoms with Crippen LogP contribution in [0.1, 0.15) is 72.1 Å². The number of rotatable bonds is 7. The average molecular weight is 586 g/mol. The van der Waals surface area contributed by atoms with Crippen LogP contribution in [0.2, 0.25) is 0 Å². The zero-order chi connectivity index (χ0) is 30.4. The van der Waals surface area contributed by atoms with Gasteiger partial charge in [-0.2, -0.15) is 5.26 Å². The molecule has 1 saturated heterocycles. The molecule has 0 radical (unpaired) electrons. The number of likely N-dealkylation sites (tertiary alicyclic amines) is 1. The fourth-order valence-electron chi connectivity index (χ4n) is 6.97. The Labute approximate surface area is 253 Å². The first-order valence-corrected chi connectivity index (χ1v) is 15.4. The largest absolute Gasteiger partial charge is 0.340 e. The highest BCUT2D eigenvalue weighted by molar-refractivity contribution is 7.21. The van der Waals surface area contributed by atoms with Crippen LogP contribution in [0.3, 0.4) is 0 Å². The summed E-state index contributed by atoms with van der Waals surface area (Å²) in [6.07, 6.45) is 5.29. The maximum Gasteiger partial charge on any atom is 0.258 e. The predicted octanol–water partition coefficient (Wildman–Crippen LogP) is 5.33. The Balaban J connectivity index is 1.48. The third-order valence-corrected chi connectivity index (χ3v) is 9.89. The third-order valence-electron chi connectivity index (χ3n) is 9.57. The second-order valence-electron chi connectivity index (χ2n) is 13.3. The van der Waals surface area contributed by atoms with Gasteiger partial charge < -0.3 is 9.80 Å². The number of piperidine rings is 1. The number of hydrogen-bond donors (Lipinski definition) is 0. The number of benzene rings is 2. The van der Waals surface area contributed by atoms with E-state index < -0.39 is 10.7 Å². The summed E-state index contributed by atoms with van der Waals surface area (Å²) in [5.41, 5.74) is 4.56. The molecule has 0 bridgehead atoms. The first-order chi connectivity index (χ1) is 19.8. The maximum absolute atomic E-state index is 15.6. The van der Waals surface area contributed by atoms with Gasteiger partial charge >= 0.3 is 0 Å². The van der Waals surface area contributed by atoms with Crippen molar-refractivity contribution in [1.82, 2.24) is 9.80 Å². The summed E-state index contributed by atoms with van der Waals surface area (Å²) in [5, 5.41) is 7.95. The van der Waals surface area contributed by atoms with Crippen molar-refractivity contribution >= 4 is 34.5 Å². The fraction of sp³-hybridized carbons (Fsp3) is 0.485. The number of halogens is 1. The van der Waals surface area contributed by atoms with Crippen molar-refractivity contribution in [2.45, 2.75) is 63.3 Å². The lowest BCUT2D eigenvalue weighted by Gasteiger charge is -2.48. The first-order valence-electron chi connectivity index (χ1n) is 14.8. The number of amides is 1. The van der Waals surface area contributed by atoms with Gasteiger partial charge in [0, 0.05) is 37.8 Å². The SMILES string of the molecule is BC(F)(P)c1cc(CN2CCC(C)(C)CC2)cc2c1CN(c1cccc(C3(/C(=N/C)N(C)C=C)CC(C#N)C3)c1)C2=O. The van der Waals surface area contributed by atoms with Gasteiger partial charge in [-0.05, 0) is 90.8 Å². The molecule has 2 heterocycles. The van der Waals surface area contributed by atoms with Crippen molar-refractivity contribution < 1.29 is 9.18 Å². The van der Waals surface area contributed by atoms with Crippen molar-refractivity contribution in [1.29, 1.82) is 5.26 Å². The Morgan fingerprint density at radius 2 is 2.00 bits per heavy atom. The molecule has 3 aliphatic rings. The highest BCUT2D eigenvalue weighted by Gasteiger charge is 2.51. The molecule has 9 heteroatoms. The van der Waals surface area contributed by atoms with Gasteiger partial charge in [-0.25, -0.2) is 4.39 Å². The Kier molecular flexibility index (Phi) is 8.16. The summed E-state index contributed by atoms with van der Waals surface area (Å²) >= 11 is 0. The summed E-state index contributed by atoms with van der Waals surface area (Å²) in [6, 6.07) is 14.3. The minimum atomic E-state index is -1.66. The summed E-state index contributed by atoms with van der Waals surface area (Å²) < 4.78 is 15.6. The van der Waals surface area contributed by atoms with Crippen LogP contribution in [-0.2, 0) is 23.8 Å². The quantitative estimate of drug-likeness (QED) is 0.191. The van der Waals surface area contributed by atoms with Gasteiger partial charge in [0.2, 0.25) is 0 Å². The van der Waals surface area contributed by atoms with E-state index >= 15 is 4.39 Å². The molecule has 0 spiro atoms. The normalized spacial score (nSPS) is 25.3. The predicted molar refractivity (Wildman–Crippen MR) is 174 cm³/mol. The van der Waals surface area contributed by atoms with Crippen LogP contribution in [0.15, 0.2) is 54.2 Å². The minimum absolute atomic E-state index is 0.0578. The molecular formula is C33H42BFN5OP. The lowest BCUT2D eigenvalue weighted by molar-refractivity contribution is 0.0996. The van der Waals surface area contributed by atoms with Crippen molar-refractivity contribution in [3.8, 4) is 6.07 Å². The summed E-state index contributed by atoms with van der Waals surface area (Å²) in [7, 11) is 7.55. The zero-order valence-electron chi connectivity index (χ0n) is 25.6. The van der Waals surface area contributed by atoms with Crippen LogP contribution in [0.4, 0.5) is 10.1 Å². The summed E-state index contributed by atoms with van der Waals surface area (Å²) in [6.45, 7) is 11.6. The van der Waals surface area contributed by atoms with E-state index in [0.29, 0.717) is 42.5 Å². The number of hydrogen-bond acceptors (Lipinski definition) is 4. The van der Waals surface area contributed by atoms with E-state index in [1.807, 2.05) is 42.3 Å². The number of nitrogens with zero attached hydrogens (tertiary/aromatic N) is 5. The molecule has 2 fully saturated rings. The highest BCUT2D eigenvalue weighted by atomic mass is 31.0. The van der Waals surface area contributed by atoms with Gasteiger partial charge in [0.1, 0.15) is 11.1 Å². The molecule has 6 nitrogen and oxygen atoms in total. The molecule has 0 N–H and O–H groups in total. The van der Waals surface area contributed by atoms with E-state index in [1.165, 1.54) is 0 Å². The van der Waals surface area contributed by atoms with Gasteiger partial charge in [0.25, 0.3) is 5.91 Å². The molecular weight excluding hydrogens is 543 g/mol. The van der Waals surface area contributed by atoms with Crippen molar-refractivity contribution in [3.63, 3.8) is 0 Å². The number of carbonyl (C=O) groups excluding carboxylic acids is 1. The van der Waals surface area contributed by atoms with E-state index in [1.54, 1.807) is 26.0 Å². The molecule has 2 aliphatic heterocycles. The fourth-order valence-corrected chi connectivity index (χ4v) is 7.22. The molecule has 2 aromatic carbocycles. The van der Waals surface area contributed by atoms with Gasteiger partial charge in [-0.1, -0.05) is 38.6 Å². The number of alkyl halides is 1. The van der Waals surface area contributed by atoms with Crippen LogP contribution in [0, 0.1) is 22.7 Å². The number of anilines is 1. The second-order valence-corrected chi connectivity index (χ2v) is 14.4. The average Bonchev–Trinajstić information content (AvgIpc) is 3.26. The smallest absolute Gasteiger partial charge is 0.258 e. The number of nitriles is 1. The van der Waals surface area contributed by atoms with Crippen molar-refractivity contribution in [2.75, 3.05) is 32.1 Å². The van der Waals surface area contributed by atoms with Gasteiger partial charge in [0.15, 0.2) is 7.85 Å². The Morgan fingerprint density at radius 3 is 2.60 bits per heavy atom. The first kappa shape index (κ1) is 30.5. The molecule has 42 heavy (non-hydrogen) atoms. The Hall–Kier alpha value is -3.01. The molecule has 2 atom stereocenters. The number of fused-ring (bicyclic) bond motifs is 1. The van der Waals surface area contributed by atoms with Crippen molar-refractivity contribution in [3.05, 3.63) is 77.0 Å². The van der Waals surface area contributed by atoms with Crippen LogP contribution in [-0.4, -0.2) is 56.6 Å². The van der Waals surface area contributed by atoms with Crippen LogP contribution in [0.25, 0.3) is 0 Å². The number of likely N-dealkylation sites (N-methyl/N-ethyl adjacent to an activating group) is 1. The van der Waals surface area contributed by atoms with Gasteiger partial charge in [0.05, 0.1) is 18.0 Å². The molecule has 2 unspecified atom stereocenters. The molecule has 220 valence electrons. The molecule has 5 rings (SSSR count). The van der Waals surface area contributed by atoms with Gasteiger partial charge in [-0.3, -0.25) is 14.7 Å². The second kappa shape index (κ2) is 11.2. The van der Waals surface area contributed by atoms with Gasteiger partial charge in [-0.15, -0.1) is 9.24 Å². The van der Waals surface area contributed by atoms with Crippen LogP contribution >= 0.6 is 9.24 Å². The lowest BCUT2D eigenvalue weighted by Crippen LogP contribution is -2.52. The molecule has 1 aliphatic carbocycles.